The van der Waals surface area contributed by atoms with E-state index in [-0.39, 0.29) is 10.8 Å². The highest BCUT2D eigenvalue weighted by molar-refractivity contribution is 8.00. The van der Waals surface area contributed by atoms with Crippen molar-refractivity contribution >= 4 is 23.5 Å². The third-order valence-corrected chi connectivity index (χ3v) is 5.11. The molecule has 1 aliphatic rings. The number of aliphatic hydroxyl groups is 1. The van der Waals surface area contributed by atoms with E-state index in [1.54, 1.807) is 19.1 Å². The summed E-state index contributed by atoms with van der Waals surface area (Å²) in [6.45, 7) is 4.60. The molecule has 4 nitrogen and oxygen atoms in total. The number of urea groups is 1. The smallest absolute Gasteiger partial charge is 0.319 e. The lowest BCUT2D eigenvalue weighted by molar-refractivity contribution is 0.199. The van der Waals surface area contributed by atoms with Crippen molar-refractivity contribution in [1.29, 1.82) is 0 Å². The molecule has 5 heteroatoms. The number of hydrogen-bond acceptors (Lipinski definition) is 3. The Kier molecular flexibility index (Phi) is 4.94. The van der Waals surface area contributed by atoms with E-state index in [0.717, 1.165) is 17.7 Å². The van der Waals surface area contributed by atoms with Crippen LogP contribution in [0.25, 0.3) is 0 Å². The fourth-order valence-electron chi connectivity index (χ4n) is 2.26. The van der Waals surface area contributed by atoms with E-state index in [1.165, 1.54) is 12.2 Å². The van der Waals surface area contributed by atoms with Gasteiger partial charge in [-0.05, 0) is 50.1 Å². The van der Waals surface area contributed by atoms with Crippen LogP contribution in [0.3, 0.4) is 0 Å². The highest BCUT2D eigenvalue weighted by atomic mass is 32.2. The molecule has 1 fully saturated rings. The third-order valence-electron chi connectivity index (χ3n) is 3.57. The van der Waals surface area contributed by atoms with Crippen molar-refractivity contribution in [1.82, 2.24) is 5.32 Å². The van der Waals surface area contributed by atoms with Gasteiger partial charge in [-0.25, -0.2) is 4.79 Å². The molecule has 1 aromatic rings. The van der Waals surface area contributed by atoms with Crippen LogP contribution in [0.2, 0.25) is 0 Å². The lowest BCUT2D eigenvalue weighted by atomic mass is 10.1. The van der Waals surface area contributed by atoms with Gasteiger partial charge in [-0.2, -0.15) is 11.8 Å². The molecule has 2 rings (SSSR count). The average molecular weight is 294 g/mol. The van der Waals surface area contributed by atoms with Crippen molar-refractivity contribution in [2.75, 3.05) is 17.6 Å². The van der Waals surface area contributed by atoms with Crippen LogP contribution >= 0.6 is 11.8 Å². The zero-order valence-corrected chi connectivity index (χ0v) is 12.8. The molecule has 0 saturated carbocycles. The first kappa shape index (κ1) is 15.2. The summed E-state index contributed by atoms with van der Waals surface area (Å²) < 4.78 is 0.174. The standard InChI is InChI=1S/C15H22N2O2S/c1-11(18)12-4-6-13(7-5-12)17-14(19)16-10-15(2)8-3-9-20-15/h4-7,11,18H,3,8-10H2,1-2H3,(H2,16,17,19). The van der Waals surface area contributed by atoms with Crippen LogP contribution in [0.4, 0.5) is 10.5 Å². The first-order valence-corrected chi connectivity index (χ1v) is 7.94. The molecule has 2 amide bonds. The molecule has 0 bridgehead atoms. The quantitative estimate of drug-likeness (QED) is 0.799. The fraction of sp³-hybridized carbons (Fsp3) is 0.533. The minimum atomic E-state index is -0.489. The number of thioether (sulfide) groups is 1. The van der Waals surface area contributed by atoms with Gasteiger partial charge in [0.05, 0.1) is 6.10 Å². The van der Waals surface area contributed by atoms with Crippen LogP contribution in [-0.4, -0.2) is 28.2 Å². The molecule has 0 aliphatic carbocycles. The summed E-state index contributed by atoms with van der Waals surface area (Å²) in [5.74, 6) is 1.18. The van der Waals surface area contributed by atoms with E-state index < -0.39 is 6.10 Å². The van der Waals surface area contributed by atoms with Gasteiger partial charge in [0.1, 0.15) is 0 Å². The van der Waals surface area contributed by atoms with Crippen molar-refractivity contribution in [2.24, 2.45) is 0 Å². The van der Waals surface area contributed by atoms with Gasteiger partial charge >= 0.3 is 6.03 Å². The van der Waals surface area contributed by atoms with E-state index >= 15 is 0 Å². The first-order chi connectivity index (χ1) is 9.48. The molecule has 1 saturated heterocycles. The summed E-state index contributed by atoms with van der Waals surface area (Å²) in [6, 6.07) is 7.05. The second-order valence-electron chi connectivity index (χ2n) is 5.51. The third kappa shape index (κ3) is 4.15. The van der Waals surface area contributed by atoms with Gasteiger partial charge in [0.25, 0.3) is 0 Å². The Morgan fingerprint density at radius 2 is 2.15 bits per heavy atom. The summed E-state index contributed by atoms with van der Waals surface area (Å²) in [7, 11) is 0. The van der Waals surface area contributed by atoms with Gasteiger partial charge in [0.15, 0.2) is 0 Å². The van der Waals surface area contributed by atoms with Crippen LogP contribution in [-0.2, 0) is 0 Å². The molecule has 3 N–H and O–H groups in total. The van der Waals surface area contributed by atoms with Crippen molar-refractivity contribution in [3.8, 4) is 0 Å². The Labute approximate surface area is 124 Å². The Bertz CT molecular complexity index is 453. The van der Waals surface area contributed by atoms with E-state index in [2.05, 4.69) is 17.6 Å². The number of amides is 2. The predicted molar refractivity (Wildman–Crippen MR) is 84.2 cm³/mol. The molecule has 1 aromatic carbocycles. The summed E-state index contributed by atoms with van der Waals surface area (Å²) in [4.78, 5) is 11.8. The summed E-state index contributed by atoms with van der Waals surface area (Å²) in [5, 5.41) is 15.2. The fourth-order valence-corrected chi connectivity index (χ4v) is 3.51. The Balaban J connectivity index is 1.82. The molecule has 1 heterocycles. The molecular formula is C15H22N2O2S. The molecule has 0 aromatic heterocycles. The summed E-state index contributed by atoms with van der Waals surface area (Å²) in [6.07, 6.45) is 1.89. The van der Waals surface area contributed by atoms with Crippen molar-refractivity contribution < 1.29 is 9.90 Å². The lowest BCUT2D eigenvalue weighted by Gasteiger charge is -2.22. The average Bonchev–Trinajstić information content (AvgIpc) is 2.85. The first-order valence-electron chi connectivity index (χ1n) is 6.95. The Morgan fingerprint density at radius 3 is 2.70 bits per heavy atom. The van der Waals surface area contributed by atoms with Gasteiger partial charge in [0, 0.05) is 17.0 Å². The molecule has 20 heavy (non-hydrogen) atoms. The molecule has 110 valence electrons. The maximum Gasteiger partial charge on any atom is 0.319 e. The second-order valence-corrected chi connectivity index (χ2v) is 7.19. The number of hydrogen-bond donors (Lipinski definition) is 3. The van der Waals surface area contributed by atoms with Crippen LogP contribution in [0.1, 0.15) is 38.4 Å². The molecular weight excluding hydrogens is 272 g/mol. The van der Waals surface area contributed by atoms with E-state index in [4.69, 9.17) is 0 Å². The van der Waals surface area contributed by atoms with E-state index in [0.29, 0.717) is 6.54 Å². The van der Waals surface area contributed by atoms with Crippen molar-refractivity contribution in [2.45, 2.75) is 37.5 Å². The van der Waals surface area contributed by atoms with E-state index in [1.807, 2.05) is 23.9 Å². The second kappa shape index (κ2) is 6.50. The molecule has 0 spiro atoms. The van der Waals surface area contributed by atoms with Gasteiger partial charge in [-0.3, -0.25) is 0 Å². The Hall–Kier alpha value is -1.20. The van der Waals surface area contributed by atoms with E-state index in [9.17, 15) is 9.90 Å². The lowest BCUT2D eigenvalue weighted by Crippen LogP contribution is -2.39. The number of benzene rings is 1. The van der Waals surface area contributed by atoms with Gasteiger partial charge in [-0.1, -0.05) is 12.1 Å². The normalized spacial score (nSPS) is 23.4. The van der Waals surface area contributed by atoms with Gasteiger partial charge < -0.3 is 15.7 Å². The number of carbonyl (C=O) groups is 1. The predicted octanol–water partition coefficient (Wildman–Crippen LogP) is 3.15. The highest BCUT2D eigenvalue weighted by Gasteiger charge is 2.29. The van der Waals surface area contributed by atoms with Crippen molar-refractivity contribution in [3.05, 3.63) is 29.8 Å². The minimum absolute atomic E-state index is 0.174. The number of anilines is 1. The highest BCUT2D eigenvalue weighted by Crippen LogP contribution is 2.36. The summed E-state index contributed by atoms with van der Waals surface area (Å²) in [5.41, 5.74) is 1.57. The van der Waals surface area contributed by atoms with Crippen molar-refractivity contribution in [3.63, 3.8) is 0 Å². The molecule has 1 aliphatic heterocycles. The number of aliphatic hydroxyl groups excluding tert-OH is 1. The molecule has 0 radical (unpaired) electrons. The monoisotopic (exact) mass is 294 g/mol. The van der Waals surface area contributed by atoms with Crippen LogP contribution in [0.15, 0.2) is 24.3 Å². The number of rotatable bonds is 4. The topological polar surface area (TPSA) is 61.4 Å². The zero-order chi connectivity index (χ0) is 14.6. The minimum Gasteiger partial charge on any atom is -0.389 e. The molecule has 2 unspecified atom stereocenters. The van der Waals surface area contributed by atoms with Gasteiger partial charge in [0.2, 0.25) is 0 Å². The van der Waals surface area contributed by atoms with Crippen LogP contribution in [0.5, 0.6) is 0 Å². The summed E-state index contributed by atoms with van der Waals surface area (Å²) >= 11 is 1.93. The molecule has 2 atom stereocenters. The number of carbonyl (C=O) groups excluding carboxylic acids is 1. The largest absolute Gasteiger partial charge is 0.389 e. The zero-order valence-electron chi connectivity index (χ0n) is 12.0. The SMILES string of the molecule is CC(O)c1ccc(NC(=O)NCC2(C)CCCS2)cc1. The number of nitrogens with one attached hydrogen (secondary N) is 2. The maximum atomic E-state index is 11.8. The van der Waals surface area contributed by atoms with Gasteiger partial charge in [-0.15, -0.1) is 0 Å². The van der Waals surface area contributed by atoms with Crippen LogP contribution in [0, 0.1) is 0 Å². The Morgan fingerprint density at radius 1 is 1.45 bits per heavy atom. The van der Waals surface area contributed by atoms with Crippen LogP contribution < -0.4 is 10.6 Å². The maximum absolute atomic E-state index is 11.8.